The smallest absolute Gasteiger partial charge is 0.394 e. The maximum Gasteiger partial charge on any atom is 0.416 e. The van der Waals surface area contributed by atoms with Crippen LogP contribution in [0.1, 0.15) is 36.1 Å². The molecule has 1 fully saturated rings. The zero-order valence-electron chi connectivity index (χ0n) is 24.3. The van der Waals surface area contributed by atoms with Crippen molar-refractivity contribution in [2.75, 3.05) is 41.5 Å². The van der Waals surface area contributed by atoms with Crippen LogP contribution in [0, 0.1) is 6.92 Å². The van der Waals surface area contributed by atoms with Crippen LogP contribution >= 0.6 is 0 Å². The van der Waals surface area contributed by atoms with Gasteiger partial charge in [-0.05, 0) is 61.7 Å². The molecule has 2 aromatic carbocycles. The molecule has 44 heavy (non-hydrogen) atoms. The Balaban J connectivity index is 1.83. The fourth-order valence-electron chi connectivity index (χ4n) is 5.26. The van der Waals surface area contributed by atoms with Crippen molar-refractivity contribution in [2.24, 2.45) is 0 Å². The third-order valence-corrected chi connectivity index (χ3v) is 9.55. The minimum Gasteiger partial charge on any atom is -0.394 e. The third kappa shape index (κ3) is 6.70. The molecule has 14 heteroatoms. The van der Waals surface area contributed by atoms with Gasteiger partial charge in [-0.3, -0.25) is 4.79 Å². The molecule has 238 valence electrons. The van der Waals surface area contributed by atoms with E-state index in [2.05, 4.69) is 4.98 Å². The highest BCUT2D eigenvalue weighted by Crippen LogP contribution is 2.41. The van der Waals surface area contributed by atoms with Gasteiger partial charge in [0.1, 0.15) is 5.82 Å². The van der Waals surface area contributed by atoms with Gasteiger partial charge in [0, 0.05) is 19.2 Å². The number of alkyl halides is 6. The number of likely N-dealkylation sites (N-methyl/N-ethyl adjacent to an activating group) is 1. The van der Waals surface area contributed by atoms with Crippen molar-refractivity contribution in [2.45, 2.75) is 44.6 Å². The van der Waals surface area contributed by atoms with E-state index in [1.54, 1.807) is 29.2 Å². The molecule has 0 spiro atoms. The molecule has 1 saturated heterocycles. The van der Waals surface area contributed by atoms with Crippen molar-refractivity contribution in [3.8, 4) is 11.1 Å². The summed E-state index contributed by atoms with van der Waals surface area (Å²) in [4.78, 5) is 21.2. The number of benzene rings is 2. The second-order valence-corrected chi connectivity index (χ2v) is 13.5. The molecule has 1 aliphatic heterocycles. The number of carbonyl (C=O) groups is 1. The van der Waals surface area contributed by atoms with Gasteiger partial charge in [0.2, 0.25) is 5.91 Å². The van der Waals surface area contributed by atoms with Gasteiger partial charge in [0.15, 0.2) is 9.84 Å². The van der Waals surface area contributed by atoms with Gasteiger partial charge in [-0.2, -0.15) is 26.3 Å². The molecule has 1 unspecified atom stereocenters. The number of hydrogen-bond donors (Lipinski definition) is 1. The molecular weight excluding hydrogens is 612 g/mol. The molecule has 0 saturated carbocycles. The molecule has 2 heterocycles. The van der Waals surface area contributed by atoms with E-state index in [1.165, 1.54) is 27.1 Å². The van der Waals surface area contributed by atoms with Crippen molar-refractivity contribution < 1.29 is 44.7 Å². The first-order valence-electron chi connectivity index (χ1n) is 13.5. The lowest BCUT2D eigenvalue weighted by Crippen LogP contribution is -2.50. The summed E-state index contributed by atoms with van der Waals surface area (Å²) in [6, 6.07) is 9.10. The van der Waals surface area contributed by atoms with E-state index in [-0.39, 0.29) is 29.8 Å². The van der Waals surface area contributed by atoms with Crippen LogP contribution in [-0.2, 0) is 32.4 Å². The van der Waals surface area contributed by atoms with Gasteiger partial charge >= 0.3 is 12.4 Å². The van der Waals surface area contributed by atoms with Crippen LogP contribution in [0.4, 0.5) is 37.8 Å². The van der Waals surface area contributed by atoms with Gasteiger partial charge in [-0.15, -0.1) is 0 Å². The average molecular weight is 644 g/mol. The molecule has 7 nitrogen and oxygen atoms in total. The van der Waals surface area contributed by atoms with Gasteiger partial charge in [-0.1, -0.05) is 24.3 Å². The highest BCUT2D eigenvalue weighted by molar-refractivity contribution is 7.91. The number of aromatic nitrogens is 1. The fraction of sp³-hybridized carbons (Fsp3) is 0.400. The highest BCUT2D eigenvalue weighted by atomic mass is 32.2. The van der Waals surface area contributed by atoms with E-state index in [0.717, 1.165) is 10.5 Å². The molecule has 1 N–H and O–H groups in total. The SMILES string of the molecule is Cc1ccccc1-c1cc(N2CCS(=O)(=O)CC2CO)ncc1N(C)C(=O)C(C)(C)c1cc(C(F)(F)F)cc(C(F)(F)F)c1. The van der Waals surface area contributed by atoms with E-state index in [9.17, 15) is 44.7 Å². The summed E-state index contributed by atoms with van der Waals surface area (Å²) in [6.45, 7) is 3.92. The summed E-state index contributed by atoms with van der Waals surface area (Å²) in [6.07, 6.45) is -8.83. The van der Waals surface area contributed by atoms with E-state index < -0.39 is 62.9 Å². The Morgan fingerprint density at radius 1 is 0.977 bits per heavy atom. The van der Waals surface area contributed by atoms with Crippen LogP contribution in [0.25, 0.3) is 11.1 Å². The van der Waals surface area contributed by atoms with Crippen LogP contribution in [0.2, 0.25) is 0 Å². The second kappa shape index (κ2) is 11.7. The zero-order chi connectivity index (χ0) is 32.8. The maximum atomic E-state index is 13.9. The van der Waals surface area contributed by atoms with E-state index in [1.807, 2.05) is 13.0 Å². The average Bonchev–Trinajstić information content (AvgIpc) is 2.94. The molecule has 1 amide bonds. The molecule has 1 aliphatic rings. The van der Waals surface area contributed by atoms with Crippen molar-refractivity contribution in [3.63, 3.8) is 0 Å². The van der Waals surface area contributed by atoms with E-state index in [4.69, 9.17) is 0 Å². The Kier molecular flexibility index (Phi) is 8.84. The number of rotatable bonds is 6. The summed E-state index contributed by atoms with van der Waals surface area (Å²) >= 11 is 0. The zero-order valence-corrected chi connectivity index (χ0v) is 25.1. The first-order chi connectivity index (χ1) is 20.3. The number of aliphatic hydroxyl groups excluding tert-OH is 1. The number of nitrogens with zero attached hydrogens (tertiary/aromatic N) is 3. The number of aryl methyl sites for hydroxylation is 1. The summed E-state index contributed by atoms with van der Waals surface area (Å²) in [5, 5.41) is 9.91. The van der Waals surface area contributed by atoms with Crippen molar-refractivity contribution in [3.05, 3.63) is 77.0 Å². The van der Waals surface area contributed by atoms with Crippen LogP contribution in [0.3, 0.4) is 0 Å². The molecule has 4 rings (SSSR count). The highest BCUT2D eigenvalue weighted by Gasteiger charge is 2.41. The molecular formula is C30H31F6N3O4S. The summed E-state index contributed by atoms with van der Waals surface area (Å²) in [5.74, 6) is -0.910. The van der Waals surface area contributed by atoms with Crippen LogP contribution < -0.4 is 9.80 Å². The molecule has 3 aromatic rings. The minimum atomic E-state index is -5.08. The quantitative estimate of drug-likeness (QED) is 0.351. The summed E-state index contributed by atoms with van der Waals surface area (Å²) < 4.78 is 106. The lowest BCUT2D eigenvalue weighted by atomic mass is 9.81. The lowest BCUT2D eigenvalue weighted by Gasteiger charge is -2.36. The molecule has 0 bridgehead atoms. The van der Waals surface area contributed by atoms with Gasteiger partial charge in [-0.25, -0.2) is 13.4 Å². The van der Waals surface area contributed by atoms with Crippen molar-refractivity contribution in [1.29, 1.82) is 0 Å². The van der Waals surface area contributed by atoms with Crippen LogP contribution in [0.5, 0.6) is 0 Å². The number of halogens is 6. The van der Waals surface area contributed by atoms with E-state index >= 15 is 0 Å². The normalized spacial score (nSPS) is 17.4. The first-order valence-corrected chi connectivity index (χ1v) is 15.3. The standard InChI is InChI=1S/C30H31F6N3O4S/c1-18-7-5-6-8-23(18)24-14-26(39-9-10-44(42,43)17-22(39)16-40)37-15-25(24)38(4)27(41)28(2,3)19-11-20(29(31,32)33)13-21(12-19)30(34,35)36/h5-8,11-15,22,40H,9-10,16-17H2,1-4H3. The third-order valence-electron chi connectivity index (χ3n) is 7.85. The largest absolute Gasteiger partial charge is 0.416 e. The number of carbonyl (C=O) groups excluding carboxylic acids is 1. The van der Waals surface area contributed by atoms with Crippen LogP contribution in [-0.4, -0.2) is 62.2 Å². The Morgan fingerprint density at radius 2 is 1.55 bits per heavy atom. The summed E-state index contributed by atoms with van der Waals surface area (Å²) in [7, 11) is -2.03. The topological polar surface area (TPSA) is 90.8 Å². The van der Waals surface area contributed by atoms with Gasteiger partial charge < -0.3 is 14.9 Å². The molecule has 1 atom stereocenters. The number of aliphatic hydroxyl groups is 1. The van der Waals surface area contributed by atoms with Crippen molar-refractivity contribution >= 4 is 27.2 Å². The monoisotopic (exact) mass is 643 g/mol. The fourth-order valence-corrected chi connectivity index (χ4v) is 6.77. The number of sulfone groups is 1. The Morgan fingerprint density at radius 3 is 2.09 bits per heavy atom. The lowest BCUT2D eigenvalue weighted by molar-refractivity contribution is -0.143. The Labute approximate surface area is 251 Å². The maximum absolute atomic E-state index is 13.9. The van der Waals surface area contributed by atoms with Crippen LogP contribution in [0.15, 0.2) is 54.7 Å². The number of pyridine rings is 1. The summed E-state index contributed by atoms with van der Waals surface area (Å²) in [5.41, 5.74) is -3.25. The van der Waals surface area contributed by atoms with Gasteiger partial charge in [0.05, 0.1) is 52.6 Å². The van der Waals surface area contributed by atoms with Gasteiger partial charge in [0.25, 0.3) is 0 Å². The number of anilines is 2. The predicted octanol–water partition coefficient (Wildman–Crippen LogP) is 5.63. The van der Waals surface area contributed by atoms with E-state index in [0.29, 0.717) is 29.1 Å². The Hall–Kier alpha value is -3.65. The number of hydrogen-bond acceptors (Lipinski definition) is 6. The first kappa shape index (κ1) is 33.2. The minimum absolute atomic E-state index is 0.0121. The number of amides is 1. The predicted molar refractivity (Wildman–Crippen MR) is 154 cm³/mol. The Bertz CT molecular complexity index is 1640. The van der Waals surface area contributed by atoms with Crippen molar-refractivity contribution in [1.82, 2.24) is 4.98 Å². The molecule has 1 aromatic heterocycles. The second-order valence-electron chi connectivity index (χ2n) is 11.3. The molecule has 0 aliphatic carbocycles. The molecule has 0 radical (unpaired) electrons.